The molecule has 164 valence electrons. The van der Waals surface area contributed by atoms with Crippen molar-refractivity contribution < 1.29 is 14.3 Å². The average Bonchev–Trinajstić information content (AvgIpc) is 3.53. The molecule has 3 aromatic rings. The first-order valence-electron chi connectivity index (χ1n) is 10.9. The smallest absolute Gasteiger partial charge is 0.325 e. The third kappa shape index (κ3) is 2.19. The Kier molecular flexibility index (Phi) is 4.03. The maximum absolute atomic E-state index is 14.2. The molecule has 7 heteroatoms. The first kappa shape index (κ1) is 19.8. The Morgan fingerprint density at radius 2 is 1.79 bits per heavy atom. The second kappa shape index (κ2) is 6.72. The van der Waals surface area contributed by atoms with Crippen molar-refractivity contribution in [2.24, 2.45) is 0 Å². The lowest BCUT2D eigenvalue weighted by atomic mass is 9.57. The lowest BCUT2D eigenvalue weighted by molar-refractivity contribution is -0.147. The molecule has 4 atom stereocenters. The zero-order valence-corrected chi connectivity index (χ0v) is 19.9. The summed E-state index contributed by atoms with van der Waals surface area (Å²) in [4.78, 5) is 30.7. The number of fused-ring (bicyclic) bond motifs is 7. The van der Waals surface area contributed by atoms with Crippen LogP contribution in [-0.4, -0.2) is 34.4 Å². The predicted molar refractivity (Wildman–Crippen MR) is 130 cm³/mol. The minimum atomic E-state index is -1.20. The number of rotatable bonds is 1. The highest BCUT2D eigenvalue weighted by Crippen LogP contribution is 2.70. The second-order valence-corrected chi connectivity index (χ2v) is 10.9. The van der Waals surface area contributed by atoms with Gasteiger partial charge in [-0.25, -0.2) is 0 Å². The van der Waals surface area contributed by atoms with Crippen LogP contribution in [0.3, 0.4) is 0 Å². The van der Waals surface area contributed by atoms with Crippen molar-refractivity contribution in [3.8, 4) is 5.75 Å². The van der Waals surface area contributed by atoms with Gasteiger partial charge >= 0.3 is 5.97 Å². The summed E-state index contributed by atoms with van der Waals surface area (Å²) in [6.45, 7) is 0. The number of halogens is 1. The van der Waals surface area contributed by atoms with Gasteiger partial charge in [-0.3, -0.25) is 14.5 Å². The second-order valence-electron chi connectivity index (χ2n) is 8.97. The Bertz CT molecular complexity index is 1350. The molecule has 0 aromatic heterocycles. The number of benzene rings is 3. The summed E-state index contributed by atoms with van der Waals surface area (Å²) in [5.74, 6) is 1.32. The molecule has 0 unspecified atom stereocenters. The Balaban J connectivity index is 1.65. The van der Waals surface area contributed by atoms with Gasteiger partial charge in [0.2, 0.25) is 0 Å². The standard InChI is InChI=1S/C26H19BrN2O3S/c27-16-10-11-19-18(12-16)26(23(30)28-19)25(17-8-4-5-9-21(17)32-24(25)31)22(15-6-2-1-3-7-15)20-13-33-14-29(20)26/h1-12,20,22H,13-14H2,(H,28,30)/t20-,22-,25-,26-/m1/s1. The summed E-state index contributed by atoms with van der Waals surface area (Å²) in [6, 6.07) is 23.6. The molecular weight excluding hydrogens is 500 g/mol. The summed E-state index contributed by atoms with van der Waals surface area (Å²) >= 11 is 5.43. The minimum absolute atomic E-state index is 0.00628. The lowest BCUT2D eigenvalue weighted by Gasteiger charge is -2.42. The summed E-state index contributed by atoms with van der Waals surface area (Å²) in [7, 11) is 0. The number of anilines is 1. The average molecular weight is 519 g/mol. The van der Waals surface area contributed by atoms with Crippen molar-refractivity contribution in [1.82, 2.24) is 4.90 Å². The number of carbonyl (C=O) groups is 2. The SMILES string of the molecule is O=C1Oc2ccccc2[C@@]12[C@H](c1ccccc1)[C@H]1CSCN1[C@]21C(=O)Nc2ccc(Br)cc21. The van der Waals surface area contributed by atoms with Gasteiger partial charge < -0.3 is 10.1 Å². The van der Waals surface area contributed by atoms with E-state index in [9.17, 15) is 9.59 Å². The van der Waals surface area contributed by atoms with Gasteiger partial charge in [-0.1, -0.05) is 64.5 Å². The number of esters is 1. The molecule has 2 fully saturated rings. The summed E-state index contributed by atoms with van der Waals surface area (Å²) in [5, 5.41) is 3.13. The van der Waals surface area contributed by atoms with Gasteiger partial charge in [0.15, 0.2) is 5.54 Å². The van der Waals surface area contributed by atoms with Crippen LogP contribution in [0.5, 0.6) is 5.75 Å². The number of carbonyl (C=O) groups excluding carboxylic acids is 2. The predicted octanol–water partition coefficient (Wildman–Crippen LogP) is 4.63. The minimum Gasteiger partial charge on any atom is -0.425 e. The summed E-state index contributed by atoms with van der Waals surface area (Å²) in [5.41, 5.74) is 1.03. The molecule has 0 bridgehead atoms. The highest BCUT2D eigenvalue weighted by atomic mass is 79.9. The van der Waals surface area contributed by atoms with Gasteiger partial charge in [0.1, 0.15) is 11.2 Å². The van der Waals surface area contributed by atoms with Gasteiger partial charge in [-0.15, -0.1) is 11.8 Å². The molecule has 3 aromatic carbocycles. The molecule has 2 spiro atoms. The fourth-order valence-electron chi connectivity index (χ4n) is 6.70. The van der Waals surface area contributed by atoms with Crippen LogP contribution in [0, 0.1) is 0 Å². The van der Waals surface area contributed by atoms with Crippen LogP contribution in [-0.2, 0) is 20.5 Å². The van der Waals surface area contributed by atoms with Crippen LogP contribution in [0.1, 0.15) is 22.6 Å². The van der Waals surface area contributed by atoms with E-state index in [0.717, 1.165) is 32.6 Å². The third-order valence-electron chi connectivity index (χ3n) is 7.72. The third-order valence-corrected chi connectivity index (χ3v) is 9.25. The number of thioether (sulfide) groups is 1. The molecule has 0 radical (unpaired) electrons. The number of para-hydroxylation sites is 1. The highest BCUT2D eigenvalue weighted by molar-refractivity contribution is 9.10. The molecule has 33 heavy (non-hydrogen) atoms. The molecule has 1 amide bonds. The van der Waals surface area contributed by atoms with E-state index in [1.165, 1.54) is 0 Å². The van der Waals surface area contributed by atoms with E-state index in [-0.39, 0.29) is 23.8 Å². The molecule has 4 heterocycles. The van der Waals surface area contributed by atoms with Crippen molar-refractivity contribution in [2.75, 3.05) is 16.9 Å². The largest absolute Gasteiger partial charge is 0.425 e. The highest BCUT2D eigenvalue weighted by Gasteiger charge is 2.81. The molecule has 0 aliphatic carbocycles. The molecule has 1 N–H and O–H groups in total. The maximum Gasteiger partial charge on any atom is 0.325 e. The number of nitrogens with one attached hydrogen (secondary N) is 1. The lowest BCUT2D eigenvalue weighted by Crippen LogP contribution is -2.61. The fourth-order valence-corrected chi connectivity index (χ4v) is 8.36. The number of hydrogen-bond donors (Lipinski definition) is 1. The van der Waals surface area contributed by atoms with E-state index in [1.807, 2.05) is 72.4 Å². The van der Waals surface area contributed by atoms with Crippen LogP contribution >= 0.6 is 27.7 Å². The van der Waals surface area contributed by atoms with Gasteiger partial charge in [0, 0.05) is 44.9 Å². The molecule has 0 saturated carbocycles. The molecule has 5 nitrogen and oxygen atoms in total. The van der Waals surface area contributed by atoms with E-state index in [4.69, 9.17) is 4.74 Å². The zero-order valence-electron chi connectivity index (χ0n) is 17.5. The number of hydrogen-bond acceptors (Lipinski definition) is 5. The first-order valence-corrected chi connectivity index (χ1v) is 12.9. The van der Waals surface area contributed by atoms with E-state index < -0.39 is 11.0 Å². The van der Waals surface area contributed by atoms with E-state index in [2.05, 4.69) is 38.3 Å². The van der Waals surface area contributed by atoms with E-state index in [1.54, 1.807) is 0 Å². The van der Waals surface area contributed by atoms with Gasteiger partial charge in [0.05, 0.1) is 0 Å². The number of ether oxygens (including phenoxy) is 1. The summed E-state index contributed by atoms with van der Waals surface area (Å²) < 4.78 is 6.85. The monoisotopic (exact) mass is 518 g/mol. The molecular formula is C26H19BrN2O3S. The first-order chi connectivity index (χ1) is 16.1. The number of nitrogens with zero attached hydrogens (tertiary/aromatic N) is 1. The van der Waals surface area contributed by atoms with Gasteiger partial charge in [-0.2, -0.15) is 0 Å². The Hall–Kier alpha value is -2.61. The normalized spacial score (nSPS) is 31.5. The van der Waals surface area contributed by atoms with Crippen molar-refractivity contribution in [1.29, 1.82) is 0 Å². The molecule has 4 aliphatic heterocycles. The van der Waals surface area contributed by atoms with E-state index >= 15 is 0 Å². The van der Waals surface area contributed by atoms with Crippen molar-refractivity contribution >= 4 is 45.3 Å². The Morgan fingerprint density at radius 3 is 2.64 bits per heavy atom. The van der Waals surface area contributed by atoms with Crippen molar-refractivity contribution in [3.05, 3.63) is 94.0 Å². The quantitative estimate of drug-likeness (QED) is 0.376. The van der Waals surface area contributed by atoms with E-state index in [0.29, 0.717) is 11.6 Å². The van der Waals surface area contributed by atoms with Crippen molar-refractivity contribution in [2.45, 2.75) is 22.9 Å². The molecule has 7 rings (SSSR count). The van der Waals surface area contributed by atoms with Crippen LogP contribution in [0.2, 0.25) is 0 Å². The Morgan fingerprint density at radius 1 is 1.00 bits per heavy atom. The van der Waals surface area contributed by atoms with Crippen LogP contribution in [0.25, 0.3) is 0 Å². The topological polar surface area (TPSA) is 58.6 Å². The Labute approximate surface area is 203 Å². The fraction of sp³-hybridized carbons (Fsp3) is 0.231. The molecule has 2 saturated heterocycles. The van der Waals surface area contributed by atoms with Gasteiger partial charge in [-0.05, 0) is 29.8 Å². The van der Waals surface area contributed by atoms with Crippen LogP contribution in [0.4, 0.5) is 5.69 Å². The van der Waals surface area contributed by atoms with Crippen LogP contribution in [0.15, 0.2) is 77.3 Å². The summed E-state index contributed by atoms with van der Waals surface area (Å²) in [6.07, 6.45) is 0. The number of amides is 1. The zero-order chi connectivity index (χ0) is 22.4. The van der Waals surface area contributed by atoms with Crippen molar-refractivity contribution in [3.63, 3.8) is 0 Å². The maximum atomic E-state index is 14.2. The molecule has 4 aliphatic rings. The van der Waals surface area contributed by atoms with Gasteiger partial charge in [0.25, 0.3) is 5.91 Å². The van der Waals surface area contributed by atoms with Crippen LogP contribution < -0.4 is 10.1 Å².